The largest absolute Gasteiger partial charge is 0.469 e. The molecule has 2 heterocycles. The first-order chi connectivity index (χ1) is 14.4. The standard InChI is InChI=1S/C24H33N3O3/c1-18-8-5-6-9-22(18)26-14-12-25(13-15-26)17-23(28)21-16-19(2)27(20(21)3)11-7-10-24(29)30-4/h5-6,8-9,16H,7,10-15,17H2,1-4H3/p+1. The SMILES string of the molecule is COC(=O)CCCn1c(C)cc(C(=O)C[NH+]2CCN(c3ccccc3C)CC2)c1C. The van der Waals surface area contributed by atoms with E-state index in [9.17, 15) is 9.59 Å². The summed E-state index contributed by atoms with van der Waals surface area (Å²) in [6.07, 6.45) is 1.11. The Hall–Kier alpha value is -2.60. The number of piperazine rings is 1. The van der Waals surface area contributed by atoms with Crippen molar-refractivity contribution in [1.29, 1.82) is 0 Å². The van der Waals surface area contributed by atoms with Gasteiger partial charge in [0, 0.05) is 35.6 Å². The quantitative estimate of drug-likeness (QED) is 0.532. The van der Waals surface area contributed by atoms with Crippen LogP contribution in [0.4, 0.5) is 5.69 Å². The molecule has 6 heteroatoms. The van der Waals surface area contributed by atoms with Crippen LogP contribution in [0.1, 0.15) is 40.2 Å². The van der Waals surface area contributed by atoms with Crippen molar-refractivity contribution in [2.75, 3.05) is 44.7 Å². The number of hydrogen-bond acceptors (Lipinski definition) is 4. The van der Waals surface area contributed by atoms with E-state index in [2.05, 4.69) is 40.7 Å². The number of methoxy groups -OCH3 is 1. The van der Waals surface area contributed by atoms with E-state index in [0.717, 1.165) is 49.7 Å². The molecule has 0 amide bonds. The van der Waals surface area contributed by atoms with E-state index in [1.807, 2.05) is 19.9 Å². The fraction of sp³-hybridized carbons (Fsp3) is 0.500. The molecule has 162 valence electrons. The Bertz CT molecular complexity index is 895. The second-order valence-electron chi connectivity index (χ2n) is 8.24. The number of esters is 1. The molecule has 0 unspecified atom stereocenters. The van der Waals surface area contributed by atoms with E-state index < -0.39 is 0 Å². The number of Topliss-reactive ketones (excluding diaryl/α,β-unsaturated/α-hetero) is 1. The molecule has 0 radical (unpaired) electrons. The molecule has 0 bridgehead atoms. The van der Waals surface area contributed by atoms with Crippen LogP contribution in [0.15, 0.2) is 30.3 Å². The fourth-order valence-electron chi connectivity index (χ4n) is 4.39. The summed E-state index contributed by atoms with van der Waals surface area (Å²) in [5, 5.41) is 0. The Morgan fingerprint density at radius 2 is 1.80 bits per heavy atom. The summed E-state index contributed by atoms with van der Waals surface area (Å²) in [6.45, 7) is 11.3. The zero-order chi connectivity index (χ0) is 21.7. The number of carbonyl (C=O) groups excluding carboxylic acids is 2. The van der Waals surface area contributed by atoms with Gasteiger partial charge in [-0.15, -0.1) is 0 Å². The maximum absolute atomic E-state index is 13.0. The number of para-hydroxylation sites is 1. The van der Waals surface area contributed by atoms with E-state index in [4.69, 9.17) is 4.74 Å². The number of carbonyl (C=O) groups is 2. The van der Waals surface area contributed by atoms with Crippen LogP contribution in [-0.2, 0) is 16.1 Å². The molecule has 1 aliphatic heterocycles. The minimum absolute atomic E-state index is 0.192. The van der Waals surface area contributed by atoms with Crippen molar-refractivity contribution >= 4 is 17.4 Å². The maximum Gasteiger partial charge on any atom is 0.305 e. The highest BCUT2D eigenvalue weighted by Crippen LogP contribution is 2.19. The van der Waals surface area contributed by atoms with Gasteiger partial charge in [0.25, 0.3) is 0 Å². The van der Waals surface area contributed by atoms with Crippen molar-refractivity contribution < 1.29 is 19.2 Å². The summed E-state index contributed by atoms with van der Waals surface area (Å²) >= 11 is 0. The lowest BCUT2D eigenvalue weighted by Crippen LogP contribution is -3.15. The number of ether oxygens (including phenoxy) is 1. The van der Waals surface area contributed by atoms with Gasteiger partial charge in [0.2, 0.25) is 5.78 Å². The molecule has 0 atom stereocenters. The summed E-state index contributed by atoms with van der Waals surface area (Å²) in [5.74, 6) is 0.0175. The van der Waals surface area contributed by atoms with Gasteiger partial charge in [-0.25, -0.2) is 0 Å². The Balaban J connectivity index is 1.56. The summed E-state index contributed by atoms with van der Waals surface area (Å²) in [5.41, 5.74) is 5.50. The van der Waals surface area contributed by atoms with Crippen LogP contribution in [0, 0.1) is 20.8 Å². The van der Waals surface area contributed by atoms with Gasteiger partial charge in [-0.3, -0.25) is 9.59 Å². The fourth-order valence-corrected chi connectivity index (χ4v) is 4.39. The number of hydrogen-bond donors (Lipinski definition) is 1. The first kappa shape index (κ1) is 22.1. The van der Waals surface area contributed by atoms with Crippen LogP contribution in [0.5, 0.6) is 0 Å². The lowest BCUT2D eigenvalue weighted by atomic mass is 10.1. The van der Waals surface area contributed by atoms with Gasteiger partial charge >= 0.3 is 5.97 Å². The second kappa shape index (κ2) is 9.94. The average molecular weight is 413 g/mol. The summed E-state index contributed by atoms with van der Waals surface area (Å²) in [7, 11) is 1.41. The molecular weight excluding hydrogens is 378 g/mol. The van der Waals surface area contributed by atoms with Crippen LogP contribution in [0.25, 0.3) is 0 Å². The molecule has 6 nitrogen and oxygen atoms in total. The predicted molar refractivity (Wildman–Crippen MR) is 118 cm³/mol. The highest BCUT2D eigenvalue weighted by Gasteiger charge is 2.25. The van der Waals surface area contributed by atoms with Crippen molar-refractivity contribution in [1.82, 2.24) is 4.57 Å². The average Bonchev–Trinajstić information content (AvgIpc) is 3.03. The molecule has 0 aliphatic carbocycles. The van der Waals surface area contributed by atoms with Crippen LogP contribution in [-0.4, -0.2) is 56.2 Å². The minimum Gasteiger partial charge on any atom is -0.469 e. The van der Waals surface area contributed by atoms with E-state index in [0.29, 0.717) is 19.4 Å². The topological polar surface area (TPSA) is 56.0 Å². The van der Waals surface area contributed by atoms with E-state index in [1.54, 1.807) is 0 Å². The molecular formula is C24H34N3O3+. The van der Waals surface area contributed by atoms with E-state index in [1.165, 1.54) is 23.3 Å². The van der Waals surface area contributed by atoms with Crippen LogP contribution in [0.3, 0.4) is 0 Å². The van der Waals surface area contributed by atoms with Crippen LogP contribution in [0.2, 0.25) is 0 Å². The molecule has 0 saturated carbocycles. The summed E-state index contributed by atoms with van der Waals surface area (Å²) in [4.78, 5) is 28.1. The number of rotatable bonds is 8. The normalized spacial score (nSPS) is 14.7. The van der Waals surface area contributed by atoms with Gasteiger partial charge in [-0.2, -0.15) is 0 Å². The summed E-state index contributed by atoms with van der Waals surface area (Å²) < 4.78 is 6.85. The van der Waals surface area contributed by atoms with Gasteiger partial charge in [-0.05, 0) is 44.9 Å². The Labute approximate surface area is 179 Å². The Morgan fingerprint density at radius 3 is 2.47 bits per heavy atom. The number of anilines is 1. The molecule has 1 aromatic carbocycles. The lowest BCUT2D eigenvalue weighted by molar-refractivity contribution is -0.892. The van der Waals surface area contributed by atoms with Crippen LogP contribution < -0.4 is 9.80 Å². The van der Waals surface area contributed by atoms with E-state index >= 15 is 0 Å². The van der Waals surface area contributed by atoms with Crippen molar-refractivity contribution in [2.24, 2.45) is 0 Å². The molecule has 1 fully saturated rings. The zero-order valence-corrected chi connectivity index (χ0v) is 18.7. The number of benzene rings is 1. The predicted octanol–water partition coefficient (Wildman–Crippen LogP) is 1.95. The first-order valence-corrected chi connectivity index (χ1v) is 10.8. The number of nitrogens with zero attached hydrogens (tertiary/aromatic N) is 2. The smallest absolute Gasteiger partial charge is 0.305 e. The first-order valence-electron chi connectivity index (χ1n) is 10.8. The Kier molecular flexibility index (Phi) is 7.32. The molecule has 30 heavy (non-hydrogen) atoms. The monoisotopic (exact) mass is 412 g/mol. The molecule has 1 aromatic heterocycles. The second-order valence-corrected chi connectivity index (χ2v) is 8.24. The third-order valence-electron chi connectivity index (χ3n) is 6.20. The zero-order valence-electron chi connectivity index (χ0n) is 18.7. The van der Waals surface area contributed by atoms with Gasteiger partial charge in [0.05, 0.1) is 33.3 Å². The van der Waals surface area contributed by atoms with E-state index in [-0.39, 0.29) is 11.8 Å². The molecule has 3 rings (SSSR count). The maximum atomic E-state index is 13.0. The van der Waals surface area contributed by atoms with Crippen molar-refractivity contribution in [3.8, 4) is 0 Å². The number of ketones is 1. The minimum atomic E-state index is -0.192. The van der Waals surface area contributed by atoms with Gasteiger partial charge in [-0.1, -0.05) is 18.2 Å². The Morgan fingerprint density at radius 1 is 1.10 bits per heavy atom. The highest BCUT2D eigenvalue weighted by molar-refractivity contribution is 5.98. The number of nitrogens with one attached hydrogen (secondary N) is 1. The molecule has 1 aliphatic rings. The molecule has 1 N–H and O–H groups in total. The molecule has 0 spiro atoms. The van der Waals surface area contributed by atoms with Gasteiger partial charge in [0.1, 0.15) is 6.54 Å². The number of quaternary nitrogens is 1. The van der Waals surface area contributed by atoms with Crippen LogP contribution >= 0.6 is 0 Å². The number of aromatic nitrogens is 1. The van der Waals surface area contributed by atoms with Crippen molar-refractivity contribution in [2.45, 2.75) is 40.2 Å². The van der Waals surface area contributed by atoms with Gasteiger partial charge < -0.3 is 19.1 Å². The molecule has 2 aromatic rings. The summed E-state index contributed by atoms with van der Waals surface area (Å²) in [6, 6.07) is 10.5. The van der Waals surface area contributed by atoms with Crippen molar-refractivity contribution in [3.63, 3.8) is 0 Å². The van der Waals surface area contributed by atoms with Crippen molar-refractivity contribution in [3.05, 3.63) is 52.8 Å². The number of aryl methyl sites for hydroxylation is 2. The van der Waals surface area contributed by atoms with Gasteiger partial charge in [0.15, 0.2) is 0 Å². The highest BCUT2D eigenvalue weighted by atomic mass is 16.5. The molecule has 1 saturated heterocycles. The third-order valence-corrected chi connectivity index (χ3v) is 6.20. The lowest BCUT2D eigenvalue weighted by Gasteiger charge is -2.34. The third kappa shape index (κ3) is 5.11.